The lowest BCUT2D eigenvalue weighted by Gasteiger charge is -2.26. The second kappa shape index (κ2) is 8.47. The standard InChI is InChI=1S/C14H24N4O2/c1-5-6-16-13-10-15-9-12(17-13)14(19)18(11(2)3)7-8-20-4/h9-11H,5-8H2,1-4H3,(H,16,17). The molecule has 0 spiro atoms. The fourth-order valence-corrected chi connectivity index (χ4v) is 1.74. The maximum atomic E-state index is 12.5. The second-order valence-corrected chi connectivity index (χ2v) is 4.80. The quantitative estimate of drug-likeness (QED) is 0.786. The largest absolute Gasteiger partial charge is 0.383 e. The summed E-state index contributed by atoms with van der Waals surface area (Å²) >= 11 is 0. The third-order valence-electron chi connectivity index (χ3n) is 2.83. The molecule has 1 amide bonds. The Labute approximate surface area is 120 Å². The SMILES string of the molecule is CCCNc1cncc(C(=O)N(CCOC)C(C)C)n1. The second-order valence-electron chi connectivity index (χ2n) is 4.80. The van der Waals surface area contributed by atoms with Crippen LogP contribution in [0.5, 0.6) is 0 Å². The van der Waals surface area contributed by atoms with Crippen LogP contribution in [0, 0.1) is 0 Å². The highest BCUT2D eigenvalue weighted by Gasteiger charge is 2.20. The van der Waals surface area contributed by atoms with Gasteiger partial charge in [-0.2, -0.15) is 0 Å². The minimum Gasteiger partial charge on any atom is -0.383 e. The summed E-state index contributed by atoms with van der Waals surface area (Å²) in [6, 6.07) is 0.0895. The highest BCUT2D eigenvalue weighted by molar-refractivity contribution is 5.92. The molecule has 6 nitrogen and oxygen atoms in total. The van der Waals surface area contributed by atoms with Gasteiger partial charge in [-0.15, -0.1) is 0 Å². The molecule has 20 heavy (non-hydrogen) atoms. The Hall–Kier alpha value is -1.69. The van der Waals surface area contributed by atoms with Crippen molar-refractivity contribution in [1.82, 2.24) is 14.9 Å². The predicted molar refractivity (Wildman–Crippen MR) is 78.9 cm³/mol. The third kappa shape index (κ3) is 4.77. The van der Waals surface area contributed by atoms with E-state index in [1.54, 1.807) is 18.2 Å². The zero-order valence-corrected chi connectivity index (χ0v) is 12.7. The van der Waals surface area contributed by atoms with Crippen LogP contribution in [-0.4, -0.2) is 53.6 Å². The van der Waals surface area contributed by atoms with Crippen LogP contribution in [0.3, 0.4) is 0 Å². The van der Waals surface area contributed by atoms with Crippen molar-refractivity contribution in [3.63, 3.8) is 0 Å². The third-order valence-corrected chi connectivity index (χ3v) is 2.83. The number of methoxy groups -OCH3 is 1. The smallest absolute Gasteiger partial charge is 0.274 e. The van der Waals surface area contributed by atoms with E-state index < -0.39 is 0 Å². The number of carbonyl (C=O) groups excluding carboxylic acids is 1. The molecule has 1 aromatic rings. The van der Waals surface area contributed by atoms with Gasteiger partial charge >= 0.3 is 0 Å². The van der Waals surface area contributed by atoms with Crippen molar-refractivity contribution in [1.29, 1.82) is 0 Å². The van der Waals surface area contributed by atoms with E-state index in [0.717, 1.165) is 13.0 Å². The molecule has 6 heteroatoms. The summed E-state index contributed by atoms with van der Waals surface area (Å²) in [6.45, 7) is 7.87. The predicted octanol–water partition coefficient (Wildman–Crippen LogP) is 1.80. The van der Waals surface area contributed by atoms with Gasteiger partial charge in [-0.05, 0) is 20.3 Å². The number of carbonyl (C=O) groups is 1. The molecule has 0 atom stereocenters. The molecule has 1 heterocycles. The van der Waals surface area contributed by atoms with Crippen LogP contribution < -0.4 is 5.32 Å². The van der Waals surface area contributed by atoms with Crippen molar-refractivity contribution in [2.24, 2.45) is 0 Å². The Morgan fingerprint density at radius 3 is 2.80 bits per heavy atom. The number of hydrogen-bond donors (Lipinski definition) is 1. The molecule has 1 rings (SSSR count). The van der Waals surface area contributed by atoms with Gasteiger partial charge in [0.2, 0.25) is 0 Å². The average molecular weight is 280 g/mol. The van der Waals surface area contributed by atoms with E-state index in [-0.39, 0.29) is 11.9 Å². The molecule has 0 aliphatic carbocycles. The molecule has 0 fully saturated rings. The minimum atomic E-state index is -0.121. The number of amides is 1. The molecule has 1 N–H and O–H groups in total. The molecule has 0 aliphatic heterocycles. The fraction of sp³-hybridized carbons (Fsp3) is 0.643. The van der Waals surface area contributed by atoms with Gasteiger partial charge in [0, 0.05) is 26.2 Å². The fourth-order valence-electron chi connectivity index (χ4n) is 1.74. The first-order chi connectivity index (χ1) is 9.60. The topological polar surface area (TPSA) is 67.4 Å². The number of anilines is 1. The van der Waals surface area contributed by atoms with E-state index in [1.165, 1.54) is 6.20 Å². The number of hydrogen-bond acceptors (Lipinski definition) is 5. The summed E-state index contributed by atoms with van der Waals surface area (Å²) in [5.41, 5.74) is 0.357. The summed E-state index contributed by atoms with van der Waals surface area (Å²) in [5.74, 6) is 0.512. The molecule has 0 saturated heterocycles. The van der Waals surface area contributed by atoms with Crippen molar-refractivity contribution < 1.29 is 9.53 Å². The van der Waals surface area contributed by atoms with Crippen LogP contribution in [0.15, 0.2) is 12.4 Å². The number of aromatic nitrogens is 2. The van der Waals surface area contributed by atoms with Crippen LogP contribution in [0.25, 0.3) is 0 Å². The van der Waals surface area contributed by atoms with Gasteiger partial charge in [0.15, 0.2) is 0 Å². The van der Waals surface area contributed by atoms with Crippen molar-refractivity contribution >= 4 is 11.7 Å². The molecule has 0 aromatic carbocycles. The first-order valence-electron chi connectivity index (χ1n) is 6.96. The highest BCUT2D eigenvalue weighted by atomic mass is 16.5. The Morgan fingerprint density at radius 2 is 2.20 bits per heavy atom. The van der Waals surface area contributed by atoms with Crippen LogP contribution in [0.1, 0.15) is 37.7 Å². The average Bonchev–Trinajstić information content (AvgIpc) is 2.45. The van der Waals surface area contributed by atoms with E-state index in [0.29, 0.717) is 24.7 Å². The molecular weight excluding hydrogens is 256 g/mol. The zero-order valence-electron chi connectivity index (χ0n) is 12.7. The lowest BCUT2D eigenvalue weighted by atomic mass is 10.2. The number of nitrogens with zero attached hydrogens (tertiary/aromatic N) is 3. The Morgan fingerprint density at radius 1 is 1.45 bits per heavy atom. The summed E-state index contributed by atoms with van der Waals surface area (Å²) < 4.78 is 5.04. The first-order valence-corrected chi connectivity index (χ1v) is 6.96. The van der Waals surface area contributed by atoms with E-state index in [4.69, 9.17) is 4.74 Å². The highest BCUT2D eigenvalue weighted by Crippen LogP contribution is 2.08. The van der Waals surface area contributed by atoms with Gasteiger partial charge in [-0.25, -0.2) is 4.98 Å². The number of rotatable bonds is 8. The lowest BCUT2D eigenvalue weighted by molar-refractivity contribution is 0.0629. The maximum absolute atomic E-state index is 12.5. The molecule has 0 unspecified atom stereocenters. The van der Waals surface area contributed by atoms with Crippen molar-refractivity contribution in [3.8, 4) is 0 Å². The molecule has 0 aliphatic rings. The molecule has 0 bridgehead atoms. The van der Waals surface area contributed by atoms with E-state index >= 15 is 0 Å². The number of ether oxygens (including phenoxy) is 1. The number of nitrogens with one attached hydrogen (secondary N) is 1. The summed E-state index contributed by atoms with van der Waals surface area (Å²) in [6.07, 6.45) is 4.12. The Balaban J connectivity index is 2.82. The van der Waals surface area contributed by atoms with Gasteiger partial charge in [0.25, 0.3) is 5.91 Å². The Bertz CT molecular complexity index is 423. The van der Waals surface area contributed by atoms with E-state index in [2.05, 4.69) is 22.2 Å². The first kappa shape index (κ1) is 16.4. The van der Waals surface area contributed by atoms with Gasteiger partial charge < -0.3 is 15.0 Å². The van der Waals surface area contributed by atoms with Crippen LogP contribution in [0.2, 0.25) is 0 Å². The van der Waals surface area contributed by atoms with Gasteiger partial charge in [0.1, 0.15) is 11.5 Å². The van der Waals surface area contributed by atoms with Crippen LogP contribution in [0.4, 0.5) is 5.82 Å². The van der Waals surface area contributed by atoms with Crippen LogP contribution in [-0.2, 0) is 4.74 Å². The van der Waals surface area contributed by atoms with Gasteiger partial charge in [-0.1, -0.05) is 6.92 Å². The van der Waals surface area contributed by atoms with Crippen LogP contribution >= 0.6 is 0 Å². The molecule has 0 radical (unpaired) electrons. The van der Waals surface area contributed by atoms with E-state index in [1.807, 2.05) is 13.8 Å². The van der Waals surface area contributed by atoms with Crippen molar-refractivity contribution in [2.45, 2.75) is 33.2 Å². The van der Waals surface area contributed by atoms with Crippen molar-refractivity contribution in [2.75, 3.05) is 32.1 Å². The monoisotopic (exact) mass is 280 g/mol. The maximum Gasteiger partial charge on any atom is 0.274 e. The molecular formula is C14H24N4O2. The normalized spacial score (nSPS) is 10.7. The van der Waals surface area contributed by atoms with Gasteiger partial charge in [0.05, 0.1) is 19.0 Å². The molecule has 112 valence electrons. The minimum absolute atomic E-state index is 0.0895. The van der Waals surface area contributed by atoms with Gasteiger partial charge in [-0.3, -0.25) is 9.78 Å². The summed E-state index contributed by atoms with van der Waals surface area (Å²) in [4.78, 5) is 22.6. The molecule has 1 aromatic heterocycles. The Kier molecular flexibility index (Phi) is 6.93. The summed E-state index contributed by atoms with van der Waals surface area (Å²) in [7, 11) is 1.62. The summed E-state index contributed by atoms with van der Waals surface area (Å²) in [5, 5.41) is 3.13. The van der Waals surface area contributed by atoms with E-state index in [9.17, 15) is 4.79 Å². The van der Waals surface area contributed by atoms with Crippen molar-refractivity contribution in [3.05, 3.63) is 18.1 Å². The zero-order chi connectivity index (χ0) is 15.0. The lowest BCUT2D eigenvalue weighted by Crippen LogP contribution is -2.39. The molecule has 0 saturated carbocycles.